The molecule has 2 heterocycles. The standard InChI is InChI=1S/C18H28N2O3S/c21-24(22,14-10-17-9-6-13-23-17)19-15-18(20-11-4-5-12-20)16-7-2-1-3-8-16/h1-3,7-8,17-19H,4-6,9-15H2. The van der Waals surface area contributed by atoms with Crippen molar-refractivity contribution in [3.63, 3.8) is 0 Å². The summed E-state index contributed by atoms with van der Waals surface area (Å²) >= 11 is 0. The summed E-state index contributed by atoms with van der Waals surface area (Å²) in [7, 11) is -3.26. The van der Waals surface area contributed by atoms with Crippen LogP contribution in [0.3, 0.4) is 0 Å². The van der Waals surface area contributed by atoms with Crippen molar-refractivity contribution < 1.29 is 13.2 Å². The number of likely N-dealkylation sites (tertiary alicyclic amines) is 1. The lowest BCUT2D eigenvalue weighted by Crippen LogP contribution is -2.38. The van der Waals surface area contributed by atoms with Gasteiger partial charge in [-0.2, -0.15) is 0 Å². The van der Waals surface area contributed by atoms with Crippen molar-refractivity contribution in [2.24, 2.45) is 0 Å². The van der Waals surface area contributed by atoms with E-state index in [0.717, 1.165) is 32.5 Å². The van der Waals surface area contributed by atoms with E-state index in [0.29, 0.717) is 13.0 Å². The number of hydrogen-bond donors (Lipinski definition) is 1. The quantitative estimate of drug-likeness (QED) is 0.780. The minimum absolute atomic E-state index is 0.116. The number of hydrogen-bond acceptors (Lipinski definition) is 4. The first-order valence-corrected chi connectivity index (χ1v) is 10.7. The van der Waals surface area contributed by atoms with Crippen LogP contribution in [0.2, 0.25) is 0 Å². The van der Waals surface area contributed by atoms with Crippen LogP contribution in [0.25, 0.3) is 0 Å². The van der Waals surface area contributed by atoms with Gasteiger partial charge in [-0.1, -0.05) is 30.3 Å². The van der Waals surface area contributed by atoms with Crippen LogP contribution < -0.4 is 4.72 Å². The van der Waals surface area contributed by atoms with Gasteiger partial charge in [-0.15, -0.1) is 0 Å². The van der Waals surface area contributed by atoms with Crippen LogP contribution in [-0.4, -0.2) is 51.4 Å². The van der Waals surface area contributed by atoms with E-state index in [1.54, 1.807) is 0 Å². The molecule has 1 aromatic carbocycles. The van der Waals surface area contributed by atoms with Crippen molar-refractivity contribution in [3.8, 4) is 0 Å². The molecule has 2 saturated heterocycles. The van der Waals surface area contributed by atoms with Gasteiger partial charge in [0.25, 0.3) is 0 Å². The minimum Gasteiger partial charge on any atom is -0.378 e. The molecule has 2 unspecified atom stereocenters. The van der Waals surface area contributed by atoms with Gasteiger partial charge in [0.15, 0.2) is 0 Å². The number of benzene rings is 1. The van der Waals surface area contributed by atoms with Crippen LogP contribution >= 0.6 is 0 Å². The zero-order valence-corrected chi connectivity index (χ0v) is 15.0. The van der Waals surface area contributed by atoms with E-state index in [-0.39, 0.29) is 17.9 Å². The Kier molecular flexibility index (Phi) is 6.27. The van der Waals surface area contributed by atoms with Crippen molar-refractivity contribution in [3.05, 3.63) is 35.9 Å². The molecule has 5 nitrogen and oxygen atoms in total. The third-order valence-corrected chi connectivity index (χ3v) is 6.37. The molecule has 2 fully saturated rings. The number of nitrogens with one attached hydrogen (secondary N) is 1. The Balaban J connectivity index is 1.57. The smallest absolute Gasteiger partial charge is 0.211 e. The number of rotatable bonds is 8. The molecule has 3 rings (SSSR count). The second-order valence-electron chi connectivity index (χ2n) is 6.76. The van der Waals surface area contributed by atoms with Gasteiger partial charge in [-0.3, -0.25) is 4.90 Å². The van der Waals surface area contributed by atoms with E-state index in [1.165, 1.54) is 18.4 Å². The second-order valence-corrected chi connectivity index (χ2v) is 8.69. The zero-order valence-electron chi connectivity index (χ0n) is 14.2. The number of sulfonamides is 1. The summed E-state index contributed by atoms with van der Waals surface area (Å²) in [5.41, 5.74) is 1.18. The third-order valence-electron chi connectivity index (χ3n) is 4.99. The van der Waals surface area contributed by atoms with Gasteiger partial charge >= 0.3 is 0 Å². The molecule has 0 saturated carbocycles. The lowest BCUT2D eigenvalue weighted by Gasteiger charge is -2.28. The average molecular weight is 353 g/mol. The zero-order chi connectivity index (χ0) is 16.8. The van der Waals surface area contributed by atoms with E-state index in [9.17, 15) is 8.42 Å². The first-order valence-electron chi connectivity index (χ1n) is 9.02. The van der Waals surface area contributed by atoms with Gasteiger partial charge in [0, 0.05) is 19.2 Å². The fourth-order valence-corrected chi connectivity index (χ4v) is 4.75. The Bertz CT molecular complexity index is 594. The van der Waals surface area contributed by atoms with Crippen molar-refractivity contribution in [2.75, 3.05) is 32.0 Å². The molecule has 0 amide bonds. The van der Waals surface area contributed by atoms with Gasteiger partial charge in [-0.25, -0.2) is 13.1 Å². The van der Waals surface area contributed by atoms with E-state index in [4.69, 9.17) is 4.74 Å². The van der Waals surface area contributed by atoms with Crippen LogP contribution in [-0.2, 0) is 14.8 Å². The fraction of sp³-hybridized carbons (Fsp3) is 0.667. The van der Waals surface area contributed by atoms with Gasteiger partial charge in [-0.05, 0) is 50.8 Å². The molecule has 0 aromatic heterocycles. The molecule has 24 heavy (non-hydrogen) atoms. The average Bonchev–Trinajstić information content (AvgIpc) is 3.28. The minimum atomic E-state index is -3.26. The molecule has 6 heteroatoms. The number of ether oxygens (including phenoxy) is 1. The molecule has 2 aliphatic rings. The van der Waals surface area contributed by atoms with Gasteiger partial charge in [0.05, 0.1) is 11.9 Å². The van der Waals surface area contributed by atoms with E-state index in [1.807, 2.05) is 18.2 Å². The maximum absolute atomic E-state index is 12.4. The van der Waals surface area contributed by atoms with Crippen molar-refractivity contribution >= 4 is 10.0 Å². The SMILES string of the molecule is O=S(=O)(CCC1CCCO1)NCC(c1ccccc1)N1CCCC1. The van der Waals surface area contributed by atoms with Crippen molar-refractivity contribution in [1.29, 1.82) is 0 Å². The van der Waals surface area contributed by atoms with Gasteiger partial charge in [0.2, 0.25) is 10.0 Å². The Morgan fingerprint density at radius 1 is 1.17 bits per heavy atom. The first-order chi connectivity index (χ1) is 11.6. The Morgan fingerprint density at radius 3 is 2.58 bits per heavy atom. The van der Waals surface area contributed by atoms with E-state index in [2.05, 4.69) is 21.8 Å². The largest absolute Gasteiger partial charge is 0.378 e. The lowest BCUT2D eigenvalue weighted by molar-refractivity contribution is 0.108. The molecule has 1 aromatic rings. The van der Waals surface area contributed by atoms with Crippen molar-refractivity contribution in [2.45, 2.75) is 44.2 Å². The molecule has 2 atom stereocenters. The summed E-state index contributed by atoms with van der Waals surface area (Å²) in [6, 6.07) is 10.3. The molecule has 134 valence electrons. The Labute approximate surface area is 145 Å². The van der Waals surface area contributed by atoms with Crippen LogP contribution in [0.1, 0.15) is 43.7 Å². The molecule has 0 spiro atoms. The maximum Gasteiger partial charge on any atom is 0.211 e. The van der Waals surface area contributed by atoms with Crippen molar-refractivity contribution in [1.82, 2.24) is 9.62 Å². The fourth-order valence-electron chi connectivity index (χ4n) is 3.62. The van der Waals surface area contributed by atoms with Crippen LogP contribution in [0, 0.1) is 0 Å². The van der Waals surface area contributed by atoms with Gasteiger partial charge < -0.3 is 4.74 Å². The predicted octanol–water partition coefficient (Wildman–Crippen LogP) is 2.31. The summed E-state index contributed by atoms with van der Waals surface area (Å²) in [5, 5.41) is 0. The number of nitrogens with zero attached hydrogens (tertiary/aromatic N) is 1. The molecular formula is C18H28N2O3S. The molecule has 0 radical (unpaired) electrons. The second kappa shape index (κ2) is 8.43. The van der Waals surface area contributed by atoms with E-state index >= 15 is 0 Å². The summed E-state index contributed by atoms with van der Waals surface area (Å²) in [5.74, 6) is 0.152. The summed E-state index contributed by atoms with van der Waals surface area (Å²) in [4.78, 5) is 2.39. The van der Waals surface area contributed by atoms with Crippen LogP contribution in [0.4, 0.5) is 0 Å². The van der Waals surface area contributed by atoms with E-state index < -0.39 is 10.0 Å². The Morgan fingerprint density at radius 2 is 1.92 bits per heavy atom. The Hall–Kier alpha value is -0.950. The summed E-state index contributed by atoms with van der Waals surface area (Å²) in [6.45, 7) is 3.29. The topological polar surface area (TPSA) is 58.6 Å². The molecule has 0 bridgehead atoms. The molecule has 0 aliphatic carbocycles. The van der Waals surface area contributed by atoms with Crippen LogP contribution in [0.5, 0.6) is 0 Å². The molecular weight excluding hydrogens is 324 g/mol. The monoisotopic (exact) mass is 352 g/mol. The first kappa shape index (κ1) is 17.9. The maximum atomic E-state index is 12.4. The predicted molar refractivity (Wildman–Crippen MR) is 95.4 cm³/mol. The highest BCUT2D eigenvalue weighted by Gasteiger charge is 2.25. The highest BCUT2D eigenvalue weighted by molar-refractivity contribution is 7.89. The summed E-state index contributed by atoms with van der Waals surface area (Å²) in [6.07, 6.45) is 5.11. The highest BCUT2D eigenvalue weighted by Crippen LogP contribution is 2.24. The van der Waals surface area contributed by atoms with Crippen LogP contribution in [0.15, 0.2) is 30.3 Å². The highest BCUT2D eigenvalue weighted by atomic mass is 32.2. The molecule has 2 aliphatic heterocycles. The normalized spacial score (nSPS) is 23.6. The molecule has 1 N–H and O–H groups in total. The third kappa shape index (κ3) is 5.02. The lowest BCUT2D eigenvalue weighted by atomic mass is 10.1. The summed E-state index contributed by atoms with van der Waals surface area (Å²) < 4.78 is 33.1. The van der Waals surface area contributed by atoms with Gasteiger partial charge in [0.1, 0.15) is 0 Å².